The van der Waals surface area contributed by atoms with Crippen LogP contribution in [-0.4, -0.2) is 47.1 Å². The van der Waals surface area contributed by atoms with Crippen molar-refractivity contribution < 1.29 is 13.9 Å². The van der Waals surface area contributed by atoms with Crippen molar-refractivity contribution in [2.75, 3.05) is 31.1 Å². The first-order chi connectivity index (χ1) is 13.7. The van der Waals surface area contributed by atoms with Crippen LogP contribution >= 0.6 is 0 Å². The first-order valence-electron chi connectivity index (χ1n) is 9.70. The molecule has 1 aliphatic carbocycles. The molecule has 3 aromatic rings. The number of oxazole rings is 1. The number of fused-ring (bicyclic) bond motifs is 1. The lowest BCUT2D eigenvalue weighted by Crippen LogP contribution is -2.49. The Morgan fingerprint density at radius 2 is 1.89 bits per heavy atom. The lowest BCUT2D eigenvalue weighted by molar-refractivity contribution is 0.148. The molecular formula is C21H22N4O3. The number of carbonyl (C=O) groups is 1. The molecule has 0 atom stereocenters. The van der Waals surface area contributed by atoms with Crippen LogP contribution in [0.1, 0.15) is 29.9 Å². The van der Waals surface area contributed by atoms with E-state index in [2.05, 4.69) is 22.1 Å². The Hall–Kier alpha value is -3.09. The van der Waals surface area contributed by atoms with Crippen LogP contribution in [0, 0.1) is 6.92 Å². The summed E-state index contributed by atoms with van der Waals surface area (Å²) in [5.41, 5.74) is 3.67. The number of pyridine rings is 1. The molecule has 0 spiro atoms. The number of benzene rings is 1. The molecule has 2 aliphatic rings. The number of aryl methyl sites for hydroxylation is 1. The Kier molecular flexibility index (Phi) is 4.15. The van der Waals surface area contributed by atoms with Crippen molar-refractivity contribution in [1.82, 2.24) is 14.9 Å². The van der Waals surface area contributed by atoms with Gasteiger partial charge in [0.25, 0.3) is 6.01 Å². The van der Waals surface area contributed by atoms with Crippen molar-refractivity contribution in [2.45, 2.75) is 25.7 Å². The van der Waals surface area contributed by atoms with Crippen LogP contribution in [0.4, 0.5) is 10.8 Å². The number of carbonyl (C=O) groups excluding carboxylic acids is 1. The molecule has 1 saturated carbocycles. The van der Waals surface area contributed by atoms with Crippen LogP contribution in [0.3, 0.4) is 0 Å². The van der Waals surface area contributed by atoms with Crippen LogP contribution in [0.5, 0.6) is 5.75 Å². The van der Waals surface area contributed by atoms with Crippen molar-refractivity contribution in [3.8, 4) is 5.75 Å². The smallest absolute Gasteiger partial charge is 0.410 e. The zero-order chi connectivity index (χ0) is 19.1. The van der Waals surface area contributed by atoms with Crippen LogP contribution in [-0.2, 0) is 0 Å². The molecule has 2 fully saturated rings. The molecule has 7 nitrogen and oxygen atoms in total. The highest BCUT2D eigenvalue weighted by atomic mass is 16.6. The van der Waals surface area contributed by atoms with Crippen LogP contribution < -0.4 is 9.64 Å². The Balaban J connectivity index is 1.19. The molecule has 1 aliphatic heterocycles. The van der Waals surface area contributed by atoms with Crippen molar-refractivity contribution in [3.05, 3.63) is 47.7 Å². The summed E-state index contributed by atoms with van der Waals surface area (Å²) in [5.74, 6) is 1.29. The van der Waals surface area contributed by atoms with Gasteiger partial charge in [0.05, 0.1) is 0 Å². The van der Waals surface area contributed by atoms with E-state index in [4.69, 9.17) is 9.15 Å². The number of ether oxygens (including phenoxy) is 1. The Labute approximate surface area is 162 Å². The monoisotopic (exact) mass is 378 g/mol. The number of hydrogen-bond donors (Lipinski definition) is 0. The van der Waals surface area contributed by atoms with Crippen LogP contribution in [0.2, 0.25) is 0 Å². The van der Waals surface area contributed by atoms with E-state index in [0.717, 1.165) is 11.1 Å². The molecular weight excluding hydrogens is 356 g/mol. The SMILES string of the molecule is Cc1cnc2oc(N3CCN(C(=O)Oc4ccc(C5CC5)cc4)CC3)nc2c1. The Morgan fingerprint density at radius 1 is 1.14 bits per heavy atom. The summed E-state index contributed by atoms with van der Waals surface area (Å²) in [5, 5.41) is 0. The van der Waals surface area contributed by atoms with Gasteiger partial charge in [0.15, 0.2) is 0 Å². The lowest BCUT2D eigenvalue weighted by Gasteiger charge is -2.32. The van der Waals surface area contributed by atoms with Gasteiger partial charge in [0, 0.05) is 32.4 Å². The maximum atomic E-state index is 12.5. The highest BCUT2D eigenvalue weighted by molar-refractivity contribution is 5.72. The van der Waals surface area contributed by atoms with Gasteiger partial charge in [-0.2, -0.15) is 4.98 Å². The molecule has 144 valence electrons. The molecule has 1 saturated heterocycles. The van der Waals surface area contributed by atoms with E-state index in [1.54, 1.807) is 11.1 Å². The third-order valence-corrected chi connectivity index (χ3v) is 5.32. The summed E-state index contributed by atoms with van der Waals surface area (Å²) in [6.07, 6.45) is 3.98. The van der Waals surface area contributed by atoms with Crippen molar-refractivity contribution >= 4 is 23.3 Å². The number of aromatic nitrogens is 2. The Morgan fingerprint density at radius 3 is 2.61 bits per heavy atom. The number of amides is 1. The van der Waals surface area contributed by atoms with Crippen molar-refractivity contribution in [2.24, 2.45) is 0 Å². The van der Waals surface area contributed by atoms with Crippen molar-refractivity contribution in [3.63, 3.8) is 0 Å². The van der Waals surface area contributed by atoms with Gasteiger partial charge >= 0.3 is 6.09 Å². The molecule has 1 aromatic carbocycles. The van der Waals surface area contributed by atoms with Gasteiger partial charge in [-0.3, -0.25) is 0 Å². The van der Waals surface area contributed by atoms with Crippen LogP contribution in [0.15, 0.2) is 40.9 Å². The minimum atomic E-state index is -0.311. The van der Waals surface area contributed by atoms with Crippen LogP contribution in [0.25, 0.3) is 11.2 Å². The molecule has 0 N–H and O–H groups in total. The van der Waals surface area contributed by atoms with Gasteiger partial charge in [-0.05, 0) is 55.0 Å². The highest BCUT2D eigenvalue weighted by Crippen LogP contribution is 2.40. The third-order valence-electron chi connectivity index (χ3n) is 5.32. The van der Waals surface area contributed by atoms with E-state index in [9.17, 15) is 4.79 Å². The quantitative estimate of drug-likeness (QED) is 0.692. The van der Waals surface area contributed by atoms with Gasteiger partial charge in [-0.1, -0.05) is 12.1 Å². The molecule has 28 heavy (non-hydrogen) atoms. The fourth-order valence-electron chi connectivity index (χ4n) is 3.52. The topological polar surface area (TPSA) is 71.7 Å². The first-order valence-corrected chi connectivity index (χ1v) is 9.70. The van der Waals surface area contributed by atoms with Gasteiger partial charge in [-0.15, -0.1) is 0 Å². The molecule has 3 heterocycles. The molecule has 1 amide bonds. The second-order valence-corrected chi connectivity index (χ2v) is 7.52. The molecule has 0 unspecified atom stereocenters. The maximum Gasteiger partial charge on any atom is 0.415 e. The predicted octanol–water partition coefficient (Wildman–Crippen LogP) is 3.73. The van der Waals surface area contributed by atoms with Gasteiger partial charge < -0.3 is 19.0 Å². The number of anilines is 1. The van der Waals surface area contributed by atoms with Gasteiger partial charge in [0.1, 0.15) is 11.3 Å². The zero-order valence-electron chi connectivity index (χ0n) is 15.8. The fourth-order valence-corrected chi connectivity index (χ4v) is 3.52. The van der Waals surface area contributed by atoms with E-state index < -0.39 is 0 Å². The summed E-state index contributed by atoms with van der Waals surface area (Å²) in [4.78, 5) is 25.0. The van der Waals surface area contributed by atoms with E-state index in [1.165, 1.54) is 18.4 Å². The minimum Gasteiger partial charge on any atom is -0.410 e. The first kappa shape index (κ1) is 17.0. The zero-order valence-corrected chi connectivity index (χ0v) is 15.8. The lowest BCUT2D eigenvalue weighted by atomic mass is 10.1. The number of nitrogens with zero attached hydrogens (tertiary/aromatic N) is 4. The van der Waals surface area contributed by atoms with E-state index in [1.807, 2.05) is 30.0 Å². The second-order valence-electron chi connectivity index (χ2n) is 7.52. The summed E-state index contributed by atoms with van der Waals surface area (Å²) in [6.45, 7) is 4.38. The van der Waals surface area contributed by atoms with Gasteiger partial charge in [-0.25, -0.2) is 9.78 Å². The molecule has 0 radical (unpaired) electrons. The largest absolute Gasteiger partial charge is 0.415 e. The average Bonchev–Trinajstić information content (AvgIpc) is 3.48. The minimum absolute atomic E-state index is 0.311. The summed E-state index contributed by atoms with van der Waals surface area (Å²) >= 11 is 0. The van der Waals surface area contributed by atoms with E-state index >= 15 is 0 Å². The normalized spacial score (nSPS) is 17.2. The van der Waals surface area contributed by atoms with Crippen molar-refractivity contribution in [1.29, 1.82) is 0 Å². The third kappa shape index (κ3) is 3.40. The van der Waals surface area contributed by atoms with Gasteiger partial charge in [0.2, 0.25) is 5.71 Å². The second kappa shape index (κ2) is 6.82. The molecule has 0 bridgehead atoms. The Bertz CT molecular complexity index is 1000. The maximum absolute atomic E-state index is 12.5. The summed E-state index contributed by atoms with van der Waals surface area (Å²) in [6, 6.07) is 10.4. The number of rotatable bonds is 3. The predicted molar refractivity (Wildman–Crippen MR) is 105 cm³/mol. The molecule has 2 aromatic heterocycles. The highest BCUT2D eigenvalue weighted by Gasteiger charge is 2.26. The summed E-state index contributed by atoms with van der Waals surface area (Å²) in [7, 11) is 0. The number of hydrogen-bond acceptors (Lipinski definition) is 6. The molecule has 5 rings (SSSR count). The standard InChI is InChI=1S/C21H22N4O3/c1-14-12-18-19(22-13-14)28-20(23-18)24-8-10-25(11-9-24)21(26)27-17-6-4-16(5-7-17)15-2-3-15/h4-7,12-13,15H,2-3,8-11H2,1H3. The van der Waals surface area contributed by atoms with E-state index in [0.29, 0.717) is 49.6 Å². The fraction of sp³-hybridized carbons (Fsp3) is 0.381. The molecule has 7 heteroatoms. The van der Waals surface area contributed by atoms with E-state index in [-0.39, 0.29) is 6.09 Å². The summed E-state index contributed by atoms with van der Waals surface area (Å²) < 4.78 is 11.3. The average molecular weight is 378 g/mol. The number of piperazine rings is 1.